The molecule has 2 atom stereocenters. The Hall–Kier alpha value is -0.820. The average molecular weight is 273 g/mol. The summed E-state index contributed by atoms with van der Waals surface area (Å²) in [6, 6.07) is 10.3. The van der Waals surface area contributed by atoms with E-state index in [4.69, 9.17) is 0 Å². The van der Waals surface area contributed by atoms with Crippen LogP contribution in [0.3, 0.4) is 0 Å². The molecule has 0 saturated heterocycles. The number of aryl methyl sites for hydroxylation is 1. The van der Waals surface area contributed by atoms with Crippen LogP contribution >= 0.6 is 0 Å². The number of rotatable bonds is 6. The first kappa shape index (κ1) is 15.6. The summed E-state index contributed by atoms with van der Waals surface area (Å²) < 4.78 is 0. The van der Waals surface area contributed by atoms with Gasteiger partial charge in [-0.2, -0.15) is 0 Å². The molecular weight excluding hydrogens is 242 g/mol. The number of hydrogen-bond acceptors (Lipinski definition) is 1. The van der Waals surface area contributed by atoms with E-state index in [1.165, 1.54) is 49.7 Å². The fraction of sp³-hybridized carbons (Fsp3) is 0.684. The van der Waals surface area contributed by atoms with E-state index < -0.39 is 0 Å². The summed E-state index contributed by atoms with van der Waals surface area (Å²) in [5, 5.41) is 3.89. The van der Waals surface area contributed by atoms with E-state index in [0.717, 1.165) is 12.3 Å². The van der Waals surface area contributed by atoms with Crippen LogP contribution in [-0.2, 0) is 6.42 Å². The van der Waals surface area contributed by atoms with Gasteiger partial charge in [0.05, 0.1) is 0 Å². The van der Waals surface area contributed by atoms with Gasteiger partial charge in [-0.25, -0.2) is 0 Å². The SMILES string of the molecule is CCc1ccc(C(CC)N[C@@H](C)C2CCCCC2)cc1. The lowest BCUT2D eigenvalue weighted by molar-refractivity contribution is 0.262. The predicted octanol–water partition coefficient (Wildman–Crippen LogP) is 5.26. The minimum Gasteiger partial charge on any atom is -0.307 e. The normalized spacial score (nSPS) is 19.8. The largest absolute Gasteiger partial charge is 0.307 e. The molecule has 0 bridgehead atoms. The van der Waals surface area contributed by atoms with Crippen molar-refractivity contribution >= 4 is 0 Å². The van der Waals surface area contributed by atoms with Gasteiger partial charge in [-0.05, 0) is 49.7 Å². The second-order valence-corrected chi connectivity index (χ2v) is 6.41. The fourth-order valence-corrected chi connectivity index (χ4v) is 3.52. The Bertz CT molecular complexity index is 375. The van der Waals surface area contributed by atoms with Gasteiger partial charge >= 0.3 is 0 Å². The molecule has 1 unspecified atom stereocenters. The van der Waals surface area contributed by atoms with Gasteiger partial charge in [-0.15, -0.1) is 0 Å². The van der Waals surface area contributed by atoms with Crippen molar-refractivity contribution in [3.05, 3.63) is 35.4 Å². The van der Waals surface area contributed by atoms with Crippen molar-refractivity contribution in [3.8, 4) is 0 Å². The van der Waals surface area contributed by atoms with Crippen LogP contribution in [0.5, 0.6) is 0 Å². The molecule has 1 aromatic rings. The maximum absolute atomic E-state index is 3.89. The molecule has 0 amide bonds. The first-order valence-corrected chi connectivity index (χ1v) is 8.59. The standard InChI is InChI=1S/C19H31N/c1-4-16-11-13-18(14-12-16)19(5-2)20-15(3)17-9-7-6-8-10-17/h11-15,17,19-20H,4-10H2,1-3H3/t15-,19?/m0/s1. The number of hydrogen-bond donors (Lipinski definition) is 1. The van der Waals surface area contributed by atoms with E-state index in [1.807, 2.05) is 0 Å². The Kier molecular flexibility index (Phi) is 6.09. The van der Waals surface area contributed by atoms with Crippen molar-refractivity contribution in [3.63, 3.8) is 0 Å². The van der Waals surface area contributed by atoms with Crippen molar-refractivity contribution in [1.82, 2.24) is 5.32 Å². The molecule has 0 heterocycles. The molecule has 1 aromatic carbocycles. The highest BCUT2D eigenvalue weighted by molar-refractivity contribution is 5.25. The fourth-order valence-electron chi connectivity index (χ4n) is 3.52. The Morgan fingerprint density at radius 1 is 1.05 bits per heavy atom. The number of benzene rings is 1. The summed E-state index contributed by atoms with van der Waals surface area (Å²) in [5.74, 6) is 0.882. The van der Waals surface area contributed by atoms with Crippen LogP contribution in [0, 0.1) is 5.92 Å². The molecule has 1 aliphatic rings. The summed E-state index contributed by atoms with van der Waals surface area (Å²) >= 11 is 0. The predicted molar refractivity (Wildman–Crippen MR) is 88.0 cm³/mol. The average Bonchev–Trinajstić information content (AvgIpc) is 2.53. The summed E-state index contributed by atoms with van der Waals surface area (Å²) in [6.45, 7) is 6.90. The topological polar surface area (TPSA) is 12.0 Å². The maximum atomic E-state index is 3.89. The Morgan fingerprint density at radius 2 is 1.70 bits per heavy atom. The molecule has 1 saturated carbocycles. The van der Waals surface area contributed by atoms with Crippen LogP contribution in [0.1, 0.15) is 76.5 Å². The monoisotopic (exact) mass is 273 g/mol. The molecule has 0 radical (unpaired) electrons. The molecule has 1 heteroatoms. The second kappa shape index (κ2) is 7.83. The lowest BCUT2D eigenvalue weighted by Crippen LogP contribution is -2.37. The molecule has 1 aliphatic carbocycles. The zero-order chi connectivity index (χ0) is 14.4. The van der Waals surface area contributed by atoms with Crippen molar-refractivity contribution in [2.45, 2.75) is 77.8 Å². The van der Waals surface area contributed by atoms with Crippen LogP contribution < -0.4 is 5.32 Å². The molecule has 2 rings (SSSR count). The first-order chi connectivity index (χ1) is 9.74. The van der Waals surface area contributed by atoms with Gasteiger partial charge < -0.3 is 5.32 Å². The lowest BCUT2D eigenvalue weighted by atomic mass is 9.84. The van der Waals surface area contributed by atoms with Gasteiger partial charge in [0.1, 0.15) is 0 Å². The van der Waals surface area contributed by atoms with Crippen LogP contribution in [-0.4, -0.2) is 6.04 Å². The van der Waals surface area contributed by atoms with Gasteiger partial charge in [0.15, 0.2) is 0 Å². The molecule has 0 spiro atoms. The molecular formula is C19H31N. The van der Waals surface area contributed by atoms with Crippen molar-refractivity contribution < 1.29 is 0 Å². The molecule has 0 aromatic heterocycles. The third-order valence-corrected chi connectivity index (χ3v) is 5.02. The molecule has 112 valence electrons. The molecule has 1 nitrogen and oxygen atoms in total. The summed E-state index contributed by atoms with van der Waals surface area (Å²) in [4.78, 5) is 0. The van der Waals surface area contributed by atoms with Gasteiger partial charge in [-0.3, -0.25) is 0 Å². The third kappa shape index (κ3) is 4.09. The van der Waals surface area contributed by atoms with E-state index in [2.05, 4.69) is 50.4 Å². The zero-order valence-electron chi connectivity index (χ0n) is 13.5. The highest BCUT2D eigenvalue weighted by atomic mass is 14.9. The quantitative estimate of drug-likeness (QED) is 0.745. The molecule has 20 heavy (non-hydrogen) atoms. The van der Waals surface area contributed by atoms with Crippen molar-refractivity contribution in [1.29, 1.82) is 0 Å². The summed E-state index contributed by atoms with van der Waals surface area (Å²) in [6.07, 6.45) is 9.43. The summed E-state index contributed by atoms with van der Waals surface area (Å²) in [5.41, 5.74) is 2.89. The van der Waals surface area contributed by atoms with Gasteiger partial charge in [0.25, 0.3) is 0 Å². The van der Waals surface area contributed by atoms with E-state index >= 15 is 0 Å². The van der Waals surface area contributed by atoms with E-state index in [0.29, 0.717) is 12.1 Å². The number of nitrogens with one attached hydrogen (secondary N) is 1. The smallest absolute Gasteiger partial charge is 0.0320 e. The second-order valence-electron chi connectivity index (χ2n) is 6.41. The first-order valence-electron chi connectivity index (χ1n) is 8.59. The van der Waals surface area contributed by atoms with Crippen LogP contribution in [0.25, 0.3) is 0 Å². The lowest BCUT2D eigenvalue weighted by Gasteiger charge is -2.31. The Balaban J connectivity index is 1.96. The minimum atomic E-state index is 0.512. The Labute approximate surface area is 125 Å². The molecule has 1 fully saturated rings. The van der Waals surface area contributed by atoms with Crippen molar-refractivity contribution in [2.75, 3.05) is 0 Å². The third-order valence-electron chi connectivity index (χ3n) is 5.02. The zero-order valence-corrected chi connectivity index (χ0v) is 13.5. The highest BCUT2D eigenvalue weighted by Crippen LogP contribution is 2.28. The highest BCUT2D eigenvalue weighted by Gasteiger charge is 2.22. The van der Waals surface area contributed by atoms with E-state index in [9.17, 15) is 0 Å². The minimum absolute atomic E-state index is 0.512. The van der Waals surface area contributed by atoms with Crippen LogP contribution in [0.15, 0.2) is 24.3 Å². The maximum Gasteiger partial charge on any atom is 0.0320 e. The van der Waals surface area contributed by atoms with Crippen LogP contribution in [0.4, 0.5) is 0 Å². The van der Waals surface area contributed by atoms with E-state index in [-0.39, 0.29) is 0 Å². The van der Waals surface area contributed by atoms with Crippen LogP contribution in [0.2, 0.25) is 0 Å². The van der Waals surface area contributed by atoms with Gasteiger partial charge in [0, 0.05) is 12.1 Å². The van der Waals surface area contributed by atoms with Gasteiger partial charge in [0.2, 0.25) is 0 Å². The van der Waals surface area contributed by atoms with Crippen molar-refractivity contribution in [2.24, 2.45) is 5.92 Å². The Morgan fingerprint density at radius 3 is 2.25 bits per heavy atom. The van der Waals surface area contributed by atoms with E-state index in [1.54, 1.807) is 0 Å². The summed E-state index contributed by atoms with van der Waals surface area (Å²) in [7, 11) is 0. The van der Waals surface area contributed by atoms with Gasteiger partial charge in [-0.1, -0.05) is 57.4 Å². The molecule has 0 aliphatic heterocycles. The molecule has 1 N–H and O–H groups in total.